The molecule has 21 heavy (non-hydrogen) atoms. The van der Waals surface area contributed by atoms with Crippen molar-refractivity contribution in [1.82, 2.24) is 10.6 Å². The van der Waals surface area contributed by atoms with Crippen LogP contribution >= 0.6 is 11.8 Å². The van der Waals surface area contributed by atoms with Crippen LogP contribution in [0.2, 0.25) is 0 Å². The van der Waals surface area contributed by atoms with Gasteiger partial charge in [0.1, 0.15) is 5.82 Å². The Kier molecular flexibility index (Phi) is 8.90. The molecule has 0 aromatic heterocycles. The SMILES string of the molecule is CCCCCNC(=NC)NCc1ccc(F)cc1CSC. The first kappa shape index (κ1) is 17.8. The summed E-state index contributed by atoms with van der Waals surface area (Å²) in [5.41, 5.74) is 2.15. The lowest BCUT2D eigenvalue weighted by molar-refractivity contribution is 0.625. The van der Waals surface area contributed by atoms with Crippen LogP contribution in [0.3, 0.4) is 0 Å². The minimum Gasteiger partial charge on any atom is -0.356 e. The van der Waals surface area contributed by atoms with Gasteiger partial charge < -0.3 is 10.6 Å². The fourth-order valence-corrected chi connectivity index (χ4v) is 2.62. The summed E-state index contributed by atoms with van der Waals surface area (Å²) in [7, 11) is 1.77. The number of aliphatic imine (C=N–C) groups is 1. The van der Waals surface area contributed by atoms with Gasteiger partial charge in [-0.15, -0.1) is 0 Å². The van der Waals surface area contributed by atoms with E-state index in [1.165, 1.54) is 18.9 Å². The molecule has 5 heteroatoms. The molecule has 1 aromatic carbocycles. The maximum absolute atomic E-state index is 13.3. The molecule has 1 rings (SSSR count). The van der Waals surface area contributed by atoms with Crippen molar-refractivity contribution in [1.29, 1.82) is 0 Å². The van der Waals surface area contributed by atoms with Crippen molar-refractivity contribution < 1.29 is 4.39 Å². The zero-order valence-electron chi connectivity index (χ0n) is 13.2. The molecule has 0 saturated heterocycles. The van der Waals surface area contributed by atoms with Crippen LogP contribution in [-0.2, 0) is 12.3 Å². The molecule has 0 saturated carbocycles. The van der Waals surface area contributed by atoms with Crippen LogP contribution in [0.1, 0.15) is 37.3 Å². The molecular weight excluding hydrogens is 285 g/mol. The van der Waals surface area contributed by atoms with Gasteiger partial charge in [0.05, 0.1) is 0 Å². The van der Waals surface area contributed by atoms with E-state index < -0.39 is 0 Å². The average Bonchev–Trinajstić information content (AvgIpc) is 2.48. The second kappa shape index (κ2) is 10.5. The van der Waals surface area contributed by atoms with Crippen LogP contribution < -0.4 is 10.6 Å². The fraction of sp³-hybridized carbons (Fsp3) is 0.562. The molecule has 0 unspecified atom stereocenters. The minimum atomic E-state index is -0.176. The summed E-state index contributed by atoms with van der Waals surface area (Å²) < 4.78 is 13.3. The summed E-state index contributed by atoms with van der Waals surface area (Å²) in [5, 5.41) is 6.59. The molecule has 0 aliphatic rings. The molecule has 0 aliphatic carbocycles. The highest BCUT2D eigenvalue weighted by molar-refractivity contribution is 7.97. The van der Waals surface area contributed by atoms with Gasteiger partial charge in [-0.2, -0.15) is 11.8 Å². The van der Waals surface area contributed by atoms with Crippen LogP contribution in [-0.4, -0.2) is 25.8 Å². The van der Waals surface area contributed by atoms with Crippen LogP contribution in [0.15, 0.2) is 23.2 Å². The van der Waals surface area contributed by atoms with E-state index in [0.29, 0.717) is 6.54 Å². The number of unbranched alkanes of at least 4 members (excludes halogenated alkanes) is 2. The normalized spacial score (nSPS) is 11.5. The third-order valence-electron chi connectivity index (χ3n) is 3.21. The van der Waals surface area contributed by atoms with Gasteiger partial charge in [0.2, 0.25) is 0 Å². The van der Waals surface area contributed by atoms with Gasteiger partial charge in [-0.05, 0) is 35.9 Å². The highest BCUT2D eigenvalue weighted by Crippen LogP contribution is 2.16. The quantitative estimate of drug-likeness (QED) is 0.438. The predicted molar refractivity (Wildman–Crippen MR) is 91.3 cm³/mol. The zero-order chi connectivity index (χ0) is 15.5. The van der Waals surface area contributed by atoms with Gasteiger partial charge in [0.25, 0.3) is 0 Å². The second-order valence-electron chi connectivity index (χ2n) is 4.91. The highest BCUT2D eigenvalue weighted by atomic mass is 32.2. The van der Waals surface area contributed by atoms with Crippen LogP contribution in [0.4, 0.5) is 4.39 Å². The van der Waals surface area contributed by atoms with Crippen LogP contribution in [0.5, 0.6) is 0 Å². The molecule has 0 spiro atoms. The highest BCUT2D eigenvalue weighted by Gasteiger charge is 2.05. The van der Waals surface area contributed by atoms with Gasteiger partial charge in [-0.3, -0.25) is 4.99 Å². The Morgan fingerprint density at radius 1 is 1.24 bits per heavy atom. The van der Waals surface area contributed by atoms with Gasteiger partial charge in [-0.25, -0.2) is 4.39 Å². The Balaban J connectivity index is 2.52. The molecule has 0 amide bonds. The van der Waals surface area contributed by atoms with Crippen LogP contribution in [0, 0.1) is 5.82 Å². The van der Waals surface area contributed by atoms with Crippen molar-refractivity contribution in [2.45, 2.75) is 38.5 Å². The lowest BCUT2D eigenvalue weighted by atomic mass is 10.1. The van der Waals surface area contributed by atoms with Gasteiger partial charge >= 0.3 is 0 Å². The molecule has 1 aromatic rings. The Morgan fingerprint density at radius 3 is 2.71 bits per heavy atom. The summed E-state index contributed by atoms with van der Waals surface area (Å²) >= 11 is 1.70. The number of rotatable bonds is 8. The van der Waals surface area contributed by atoms with Crippen molar-refractivity contribution in [3.63, 3.8) is 0 Å². The summed E-state index contributed by atoms with van der Waals surface area (Å²) in [6.07, 6.45) is 5.60. The first-order valence-corrected chi connectivity index (χ1v) is 8.81. The molecule has 0 radical (unpaired) electrons. The van der Waals surface area contributed by atoms with Crippen molar-refractivity contribution in [3.8, 4) is 0 Å². The van der Waals surface area contributed by atoms with E-state index in [2.05, 4.69) is 22.5 Å². The van der Waals surface area contributed by atoms with E-state index in [1.54, 1.807) is 24.9 Å². The smallest absolute Gasteiger partial charge is 0.191 e. The monoisotopic (exact) mass is 311 g/mol. The van der Waals surface area contributed by atoms with E-state index in [0.717, 1.165) is 35.8 Å². The number of halogens is 1. The van der Waals surface area contributed by atoms with E-state index >= 15 is 0 Å². The summed E-state index contributed by atoms with van der Waals surface area (Å²) in [6.45, 7) is 3.77. The Bertz CT molecular complexity index is 449. The van der Waals surface area contributed by atoms with Crippen molar-refractivity contribution in [2.75, 3.05) is 19.8 Å². The molecule has 0 fully saturated rings. The Morgan fingerprint density at radius 2 is 2.05 bits per heavy atom. The number of hydrogen-bond donors (Lipinski definition) is 2. The third-order valence-corrected chi connectivity index (χ3v) is 3.81. The van der Waals surface area contributed by atoms with Crippen molar-refractivity contribution >= 4 is 17.7 Å². The van der Waals surface area contributed by atoms with Gasteiger partial charge in [-0.1, -0.05) is 25.8 Å². The van der Waals surface area contributed by atoms with E-state index in [4.69, 9.17) is 0 Å². The number of nitrogens with zero attached hydrogens (tertiary/aromatic N) is 1. The van der Waals surface area contributed by atoms with Crippen molar-refractivity contribution in [3.05, 3.63) is 35.1 Å². The number of thioether (sulfide) groups is 1. The molecule has 0 atom stereocenters. The number of hydrogen-bond acceptors (Lipinski definition) is 2. The molecule has 118 valence electrons. The Labute approximate surface area is 131 Å². The first-order chi connectivity index (χ1) is 10.2. The second-order valence-corrected chi connectivity index (χ2v) is 5.77. The standard InChI is InChI=1S/C16H26FN3S/c1-4-5-6-9-19-16(18-2)20-11-13-7-8-15(17)10-14(13)12-21-3/h7-8,10H,4-6,9,11-12H2,1-3H3,(H2,18,19,20). The lowest BCUT2D eigenvalue weighted by Gasteiger charge is -2.14. The van der Waals surface area contributed by atoms with E-state index in [-0.39, 0.29) is 5.82 Å². The molecule has 0 aliphatic heterocycles. The number of benzene rings is 1. The van der Waals surface area contributed by atoms with Gasteiger partial charge in [0, 0.05) is 25.9 Å². The molecule has 3 nitrogen and oxygen atoms in total. The maximum atomic E-state index is 13.3. The topological polar surface area (TPSA) is 36.4 Å². The van der Waals surface area contributed by atoms with E-state index in [1.807, 2.05) is 12.3 Å². The van der Waals surface area contributed by atoms with Gasteiger partial charge in [0.15, 0.2) is 5.96 Å². The lowest BCUT2D eigenvalue weighted by Crippen LogP contribution is -2.37. The maximum Gasteiger partial charge on any atom is 0.191 e. The van der Waals surface area contributed by atoms with E-state index in [9.17, 15) is 4.39 Å². The predicted octanol–water partition coefficient (Wildman–Crippen LogP) is 3.54. The van der Waals surface area contributed by atoms with Crippen LogP contribution in [0.25, 0.3) is 0 Å². The molecule has 0 heterocycles. The Hall–Kier alpha value is -1.23. The number of nitrogens with one attached hydrogen (secondary N) is 2. The van der Waals surface area contributed by atoms with Crippen molar-refractivity contribution in [2.24, 2.45) is 4.99 Å². The first-order valence-electron chi connectivity index (χ1n) is 7.42. The summed E-state index contributed by atoms with van der Waals surface area (Å²) in [4.78, 5) is 4.21. The minimum absolute atomic E-state index is 0.176. The average molecular weight is 311 g/mol. The molecular formula is C16H26FN3S. The summed E-state index contributed by atoms with van der Waals surface area (Å²) in [6, 6.07) is 4.97. The largest absolute Gasteiger partial charge is 0.356 e. The summed E-state index contributed by atoms with van der Waals surface area (Å²) in [5.74, 6) is 1.44. The zero-order valence-corrected chi connectivity index (χ0v) is 14.0. The molecule has 2 N–H and O–H groups in total. The molecule has 0 bridgehead atoms. The fourth-order valence-electron chi connectivity index (χ4n) is 2.04. The third kappa shape index (κ3) is 6.85. The number of guanidine groups is 1.